The van der Waals surface area contributed by atoms with Crippen molar-refractivity contribution >= 4 is 13.1 Å². The quantitative estimate of drug-likeness (QED) is 0.606. The van der Waals surface area contributed by atoms with E-state index in [1.165, 1.54) is 6.07 Å². The third-order valence-corrected chi connectivity index (χ3v) is 4.85. The molecule has 1 heterocycles. The van der Waals surface area contributed by atoms with Gasteiger partial charge in [0, 0.05) is 5.82 Å². The first kappa shape index (κ1) is 18.9. The number of esters is 1. The van der Waals surface area contributed by atoms with Crippen molar-refractivity contribution < 1.29 is 23.2 Å². The first-order chi connectivity index (χ1) is 11.1. The Hall–Kier alpha value is -1.40. The average Bonchev–Trinajstić information content (AvgIpc) is 2.65. The molecule has 0 saturated carbocycles. The summed E-state index contributed by atoms with van der Waals surface area (Å²) in [5.74, 6) is -1.32. The minimum Gasteiger partial charge on any atom is -0.466 e. The molecule has 0 bridgehead atoms. The number of benzene rings is 1. The van der Waals surface area contributed by atoms with Crippen molar-refractivity contribution in [3.8, 4) is 0 Å². The average molecular weight is 336 g/mol. The first-order valence-electron chi connectivity index (χ1n) is 8.34. The first-order valence-corrected chi connectivity index (χ1v) is 8.34. The highest BCUT2D eigenvalue weighted by Gasteiger charge is 2.54. The van der Waals surface area contributed by atoms with Crippen LogP contribution < -0.4 is 0 Å². The summed E-state index contributed by atoms with van der Waals surface area (Å²) in [6, 6.07) is 4.97. The van der Waals surface area contributed by atoms with Crippen molar-refractivity contribution in [2.24, 2.45) is 0 Å². The zero-order valence-electron chi connectivity index (χ0n) is 15.3. The van der Waals surface area contributed by atoms with Gasteiger partial charge in [0.2, 0.25) is 0 Å². The molecule has 0 N–H and O–H groups in total. The van der Waals surface area contributed by atoms with E-state index in [1.807, 2.05) is 40.7 Å². The molecule has 1 saturated heterocycles. The van der Waals surface area contributed by atoms with E-state index in [0.717, 1.165) is 5.56 Å². The maximum atomic E-state index is 14.5. The molecule has 1 aromatic rings. The van der Waals surface area contributed by atoms with Crippen LogP contribution in [0.3, 0.4) is 0 Å². The monoisotopic (exact) mass is 336 g/mol. The lowest BCUT2D eigenvalue weighted by Crippen LogP contribution is -2.41. The molecular formula is C18H26BFO4. The van der Waals surface area contributed by atoms with Gasteiger partial charge in [-0.2, -0.15) is 0 Å². The molecule has 1 unspecified atom stereocenters. The number of aryl methyl sites for hydroxylation is 1. The molecule has 132 valence electrons. The number of hydrogen-bond acceptors (Lipinski definition) is 4. The number of ether oxygens (including phenoxy) is 1. The summed E-state index contributed by atoms with van der Waals surface area (Å²) in [6.07, 6.45) is 0.00461. The fourth-order valence-corrected chi connectivity index (χ4v) is 2.74. The minimum absolute atomic E-state index is 0.00461. The van der Waals surface area contributed by atoms with Crippen molar-refractivity contribution in [2.75, 3.05) is 6.61 Å². The molecule has 6 heteroatoms. The summed E-state index contributed by atoms with van der Waals surface area (Å²) in [4.78, 5) is 12.0. The summed E-state index contributed by atoms with van der Waals surface area (Å²) < 4.78 is 31.7. The molecule has 0 aromatic heterocycles. The molecule has 1 aromatic carbocycles. The minimum atomic E-state index is -0.711. The second-order valence-electron chi connectivity index (χ2n) is 7.27. The maximum absolute atomic E-state index is 14.5. The summed E-state index contributed by atoms with van der Waals surface area (Å²) in [5.41, 5.74) is 0.129. The molecule has 24 heavy (non-hydrogen) atoms. The van der Waals surface area contributed by atoms with Gasteiger partial charge in [0.15, 0.2) is 0 Å². The molecule has 0 spiro atoms. The summed E-state index contributed by atoms with van der Waals surface area (Å²) in [6.45, 7) is 11.6. The topological polar surface area (TPSA) is 44.8 Å². The molecule has 0 amide bonds. The van der Waals surface area contributed by atoms with Crippen molar-refractivity contribution in [2.45, 2.75) is 65.0 Å². The predicted molar refractivity (Wildman–Crippen MR) is 91.2 cm³/mol. The van der Waals surface area contributed by atoms with Crippen molar-refractivity contribution in [1.29, 1.82) is 0 Å². The van der Waals surface area contributed by atoms with Gasteiger partial charge in [-0.15, -0.1) is 0 Å². The number of carbonyl (C=O) groups excluding carboxylic acids is 1. The Bertz CT molecular complexity index is 599. The van der Waals surface area contributed by atoms with E-state index >= 15 is 0 Å². The lowest BCUT2D eigenvalue weighted by atomic mass is 9.66. The van der Waals surface area contributed by atoms with Gasteiger partial charge >= 0.3 is 13.1 Å². The van der Waals surface area contributed by atoms with Crippen LogP contribution in [0.4, 0.5) is 4.39 Å². The third kappa shape index (κ3) is 3.81. The van der Waals surface area contributed by atoms with Gasteiger partial charge in [-0.1, -0.05) is 12.1 Å². The standard InChI is InChI=1S/C18H26BFO4/c1-7-22-16(21)11-14(13-9-8-12(2)10-15(13)20)19-23-17(3,4)18(5,6)24-19/h8-10,14H,7,11H2,1-6H3. The Morgan fingerprint density at radius 1 is 1.25 bits per heavy atom. The molecule has 1 aliphatic heterocycles. The van der Waals surface area contributed by atoms with E-state index in [4.69, 9.17) is 14.0 Å². The van der Waals surface area contributed by atoms with Crippen LogP contribution in [-0.4, -0.2) is 30.9 Å². The Labute approximate surface area is 143 Å². The number of hydrogen-bond donors (Lipinski definition) is 0. The van der Waals surface area contributed by atoms with Gasteiger partial charge in [0.1, 0.15) is 5.82 Å². The van der Waals surface area contributed by atoms with Crippen molar-refractivity contribution in [3.05, 3.63) is 35.1 Å². The predicted octanol–water partition coefficient (Wildman–Crippen LogP) is 3.80. The Balaban J connectivity index is 2.35. The molecular weight excluding hydrogens is 310 g/mol. The molecule has 4 nitrogen and oxygen atoms in total. The Kier molecular flexibility index (Phi) is 5.40. The molecule has 1 aliphatic rings. The van der Waals surface area contributed by atoms with Crippen LogP contribution in [-0.2, 0) is 18.8 Å². The smallest absolute Gasteiger partial charge is 0.466 e. The van der Waals surface area contributed by atoms with E-state index in [0.29, 0.717) is 5.56 Å². The van der Waals surface area contributed by atoms with E-state index in [9.17, 15) is 9.18 Å². The maximum Gasteiger partial charge on any atom is 0.466 e. The number of rotatable bonds is 5. The summed E-state index contributed by atoms with van der Waals surface area (Å²) >= 11 is 0. The summed E-state index contributed by atoms with van der Waals surface area (Å²) in [7, 11) is -0.711. The van der Waals surface area contributed by atoms with Crippen LogP contribution in [0.2, 0.25) is 0 Å². The molecule has 0 aliphatic carbocycles. The van der Waals surface area contributed by atoms with Crippen molar-refractivity contribution in [3.63, 3.8) is 0 Å². The molecule has 1 fully saturated rings. The fraction of sp³-hybridized carbons (Fsp3) is 0.611. The Morgan fingerprint density at radius 3 is 2.33 bits per heavy atom. The molecule has 1 atom stereocenters. The lowest BCUT2D eigenvalue weighted by molar-refractivity contribution is -0.143. The summed E-state index contributed by atoms with van der Waals surface area (Å²) in [5, 5.41) is 0. The molecule has 0 radical (unpaired) electrons. The second kappa shape index (κ2) is 6.85. The Morgan fingerprint density at radius 2 is 1.83 bits per heavy atom. The highest BCUT2D eigenvalue weighted by Crippen LogP contribution is 2.42. The lowest BCUT2D eigenvalue weighted by Gasteiger charge is -2.32. The number of halogens is 1. The zero-order chi connectivity index (χ0) is 18.1. The van der Waals surface area contributed by atoms with Gasteiger partial charge in [0.05, 0.1) is 24.2 Å². The van der Waals surface area contributed by atoms with Gasteiger partial charge < -0.3 is 14.0 Å². The number of carbonyl (C=O) groups is 1. The van der Waals surface area contributed by atoms with Crippen LogP contribution >= 0.6 is 0 Å². The van der Waals surface area contributed by atoms with Gasteiger partial charge in [0.25, 0.3) is 0 Å². The van der Waals surface area contributed by atoms with Crippen LogP contribution in [0.15, 0.2) is 18.2 Å². The second-order valence-corrected chi connectivity index (χ2v) is 7.27. The van der Waals surface area contributed by atoms with Crippen LogP contribution in [0.25, 0.3) is 0 Å². The fourth-order valence-electron chi connectivity index (χ4n) is 2.74. The normalized spacial score (nSPS) is 20.0. The van der Waals surface area contributed by atoms with Crippen LogP contribution in [0, 0.1) is 12.7 Å². The zero-order valence-corrected chi connectivity index (χ0v) is 15.3. The largest absolute Gasteiger partial charge is 0.466 e. The molecule has 2 rings (SSSR count). The van der Waals surface area contributed by atoms with Crippen LogP contribution in [0.1, 0.15) is 58.0 Å². The van der Waals surface area contributed by atoms with E-state index < -0.39 is 30.1 Å². The van der Waals surface area contributed by atoms with Gasteiger partial charge in [-0.05, 0) is 58.7 Å². The van der Waals surface area contributed by atoms with E-state index in [2.05, 4.69) is 0 Å². The van der Waals surface area contributed by atoms with Crippen molar-refractivity contribution in [1.82, 2.24) is 0 Å². The van der Waals surface area contributed by atoms with Gasteiger partial charge in [-0.3, -0.25) is 4.79 Å². The van der Waals surface area contributed by atoms with E-state index in [1.54, 1.807) is 13.0 Å². The van der Waals surface area contributed by atoms with Gasteiger partial charge in [-0.25, -0.2) is 4.39 Å². The SMILES string of the molecule is CCOC(=O)CC(B1OC(C)(C)C(C)(C)O1)c1ccc(C)cc1F. The highest BCUT2D eigenvalue weighted by molar-refractivity contribution is 6.48. The third-order valence-electron chi connectivity index (χ3n) is 4.85. The highest BCUT2D eigenvalue weighted by atomic mass is 19.1. The van der Waals surface area contributed by atoms with E-state index in [-0.39, 0.29) is 18.8 Å². The van der Waals surface area contributed by atoms with Crippen LogP contribution in [0.5, 0.6) is 0 Å².